The summed E-state index contributed by atoms with van der Waals surface area (Å²) in [5.41, 5.74) is 3.36. The molecule has 0 spiro atoms. The van der Waals surface area contributed by atoms with Gasteiger partial charge in [-0.15, -0.1) is 0 Å². The molecule has 0 bridgehead atoms. The number of benzene rings is 1. The van der Waals surface area contributed by atoms with E-state index in [1.54, 1.807) is 0 Å². The number of fused-ring (bicyclic) bond motifs is 2. The maximum absolute atomic E-state index is 12.4. The van der Waals surface area contributed by atoms with Crippen molar-refractivity contribution in [2.75, 3.05) is 20.7 Å². The fourth-order valence-electron chi connectivity index (χ4n) is 4.73. The Labute approximate surface area is 158 Å². The maximum atomic E-state index is 12.4. The van der Waals surface area contributed by atoms with Crippen molar-refractivity contribution in [1.82, 2.24) is 9.88 Å². The first-order valence-electron chi connectivity index (χ1n) is 8.12. The number of H-pyrrole nitrogens is 1. The summed E-state index contributed by atoms with van der Waals surface area (Å²) in [6.45, 7) is 2.76. The Kier molecular flexibility index (Phi) is 3.86. The van der Waals surface area contributed by atoms with E-state index < -0.39 is 5.41 Å². The minimum absolute atomic E-state index is 0.111. The molecule has 1 aromatic heterocycles. The SMILES string of the molecule is COC(=O)C1(C)C[C@H]2c3cc(Br)cc4[nH]c(Br)c(c34)C[C@@H]2N(C)C1. The van der Waals surface area contributed by atoms with Gasteiger partial charge in [0.1, 0.15) is 0 Å². The number of piperidine rings is 1. The van der Waals surface area contributed by atoms with Crippen LogP contribution in [0.5, 0.6) is 0 Å². The Morgan fingerprint density at radius 2 is 2.17 bits per heavy atom. The van der Waals surface area contributed by atoms with Gasteiger partial charge >= 0.3 is 5.97 Å². The van der Waals surface area contributed by atoms with Crippen LogP contribution in [0, 0.1) is 5.41 Å². The van der Waals surface area contributed by atoms with Gasteiger partial charge in [0, 0.05) is 33.9 Å². The van der Waals surface area contributed by atoms with Gasteiger partial charge in [-0.3, -0.25) is 4.79 Å². The van der Waals surface area contributed by atoms with Gasteiger partial charge in [0.25, 0.3) is 0 Å². The van der Waals surface area contributed by atoms with E-state index in [2.05, 4.69) is 60.9 Å². The van der Waals surface area contributed by atoms with Gasteiger partial charge < -0.3 is 14.6 Å². The van der Waals surface area contributed by atoms with Crippen LogP contribution < -0.4 is 0 Å². The van der Waals surface area contributed by atoms with E-state index in [1.807, 2.05) is 6.92 Å². The molecule has 1 unspecified atom stereocenters. The van der Waals surface area contributed by atoms with Crippen LogP contribution in [-0.4, -0.2) is 42.6 Å². The highest BCUT2D eigenvalue weighted by Gasteiger charge is 2.48. The average molecular weight is 456 g/mol. The summed E-state index contributed by atoms with van der Waals surface area (Å²) in [5, 5.41) is 1.31. The number of likely N-dealkylation sites (tertiary alicyclic amines) is 1. The monoisotopic (exact) mass is 454 g/mol. The molecule has 3 atom stereocenters. The van der Waals surface area contributed by atoms with Gasteiger partial charge in [0.2, 0.25) is 0 Å². The number of nitrogens with one attached hydrogen (secondary N) is 1. The average Bonchev–Trinajstić information content (AvgIpc) is 2.84. The lowest BCUT2D eigenvalue weighted by Gasteiger charge is -2.48. The van der Waals surface area contributed by atoms with E-state index in [-0.39, 0.29) is 5.97 Å². The second kappa shape index (κ2) is 5.58. The molecule has 128 valence electrons. The molecule has 1 saturated heterocycles. The Morgan fingerprint density at radius 3 is 2.88 bits per heavy atom. The van der Waals surface area contributed by atoms with Crippen molar-refractivity contribution >= 4 is 48.7 Å². The number of carbonyl (C=O) groups is 1. The van der Waals surface area contributed by atoms with Gasteiger partial charge in [-0.05, 0) is 66.0 Å². The molecular weight excluding hydrogens is 436 g/mol. The molecule has 2 heterocycles. The summed E-state index contributed by atoms with van der Waals surface area (Å²) in [6, 6.07) is 4.75. The Bertz CT molecular complexity index is 847. The van der Waals surface area contributed by atoms with Crippen LogP contribution in [0.3, 0.4) is 0 Å². The fraction of sp³-hybridized carbons (Fsp3) is 0.500. The molecule has 6 heteroatoms. The molecule has 1 aromatic carbocycles. The number of likely N-dealkylation sites (N-methyl/N-ethyl adjacent to an activating group) is 1. The van der Waals surface area contributed by atoms with Crippen molar-refractivity contribution in [3.63, 3.8) is 0 Å². The number of halogens is 2. The largest absolute Gasteiger partial charge is 0.469 e. The molecule has 2 aliphatic rings. The third kappa shape index (κ3) is 2.30. The first kappa shape index (κ1) is 16.6. The molecule has 0 amide bonds. The molecule has 0 saturated carbocycles. The number of hydrogen-bond donors (Lipinski definition) is 1. The number of aromatic amines is 1. The lowest BCUT2D eigenvalue weighted by atomic mass is 9.67. The molecule has 1 fully saturated rings. The van der Waals surface area contributed by atoms with Crippen LogP contribution in [0.2, 0.25) is 0 Å². The molecule has 1 aliphatic heterocycles. The maximum Gasteiger partial charge on any atom is 0.312 e. The lowest BCUT2D eigenvalue weighted by molar-refractivity contribution is -0.156. The van der Waals surface area contributed by atoms with Gasteiger partial charge in [0.05, 0.1) is 17.1 Å². The number of esters is 1. The van der Waals surface area contributed by atoms with Gasteiger partial charge in [-0.2, -0.15) is 0 Å². The smallest absolute Gasteiger partial charge is 0.312 e. The van der Waals surface area contributed by atoms with Crippen molar-refractivity contribution in [2.24, 2.45) is 5.41 Å². The quantitative estimate of drug-likeness (QED) is 0.655. The zero-order valence-electron chi connectivity index (χ0n) is 14.0. The second-order valence-corrected chi connectivity index (χ2v) is 9.09. The summed E-state index contributed by atoms with van der Waals surface area (Å²) in [6.07, 6.45) is 1.82. The molecule has 4 nitrogen and oxygen atoms in total. The number of hydrogen-bond acceptors (Lipinski definition) is 3. The van der Waals surface area contributed by atoms with Crippen molar-refractivity contribution in [1.29, 1.82) is 0 Å². The van der Waals surface area contributed by atoms with Gasteiger partial charge in [0.15, 0.2) is 0 Å². The number of ether oxygens (including phenoxy) is 1. The summed E-state index contributed by atoms with van der Waals surface area (Å²) >= 11 is 7.34. The van der Waals surface area contributed by atoms with E-state index in [9.17, 15) is 4.79 Å². The molecule has 1 N–H and O–H groups in total. The van der Waals surface area contributed by atoms with Crippen LogP contribution in [0.1, 0.15) is 30.4 Å². The minimum atomic E-state index is -0.468. The highest BCUT2D eigenvalue weighted by atomic mass is 79.9. The molecule has 2 aromatic rings. The summed E-state index contributed by atoms with van der Waals surface area (Å²) in [4.78, 5) is 18.2. The van der Waals surface area contributed by atoms with Crippen LogP contribution in [-0.2, 0) is 16.0 Å². The highest BCUT2D eigenvalue weighted by Crippen LogP contribution is 2.50. The summed E-state index contributed by atoms with van der Waals surface area (Å²) < 4.78 is 7.25. The van der Waals surface area contributed by atoms with Crippen molar-refractivity contribution in [3.8, 4) is 0 Å². The number of aromatic nitrogens is 1. The zero-order chi connectivity index (χ0) is 17.2. The molecule has 24 heavy (non-hydrogen) atoms. The zero-order valence-corrected chi connectivity index (χ0v) is 17.1. The number of methoxy groups -OCH3 is 1. The van der Waals surface area contributed by atoms with E-state index in [0.29, 0.717) is 12.0 Å². The van der Waals surface area contributed by atoms with Crippen molar-refractivity contribution in [3.05, 3.63) is 32.3 Å². The summed E-state index contributed by atoms with van der Waals surface area (Å²) in [7, 11) is 3.61. The Balaban J connectivity index is 1.89. The number of rotatable bonds is 1. The number of carbonyl (C=O) groups excluding carboxylic acids is 1. The van der Waals surface area contributed by atoms with Crippen molar-refractivity contribution in [2.45, 2.75) is 31.7 Å². The van der Waals surface area contributed by atoms with Crippen molar-refractivity contribution < 1.29 is 9.53 Å². The number of nitrogens with zero attached hydrogens (tertiary/aromatic N) is 1. The van der Waals surface area contributed by atoms with Crippen LogP contribution in [0.4, 0.5) is 0 Å². The topological polar surface area (TPSA) is 45.3 Å². The fourth-order valence-corrected chi connectivity index (χ4v) is 5.78. The molecule has 0 radical (unpaired) electrons. The normalized spacial score (nSPS) is 29.5. The summed E-state index contributed by atoms with van der Waals surface area (Å²) in [5.74, 6) is 0.211. The van der Waals surface area contributed by atoms with Crippen LogP contribution in [0.15, 0.2) is 21.2 Å². The van der Waals surface area contributed by atoms with E-state index in [1.165, 1.54) is 23.6 Å². The van der Waals surface area contributed by atoms with E-state index in [4.69, 9.17) is 4.74 Å². The van der Waals surface area contributed by atoms with Crippen LogP contribution >= 0.6 is 31.9 Å². The van der Waals surface area contributed by atoms with E-state index in [0.717, 1.165) is 34.0 Å². The van der Waals surface area contributed by atoms with Gasteiger partial charge in [-0.25, -0.2) is 0 Å². The lowest BCUT2D eigenvalue weighted by Crippen LogP contribution is -2.54. The predicted octanol–water partition coefficient (Wildman–Crippen LogP) is 4.22. The minimum Gasteiger partial charge on any atom is -0.469 e. The standard InChI is InChI=1S/C18H20Br2N2O2/c1-18(17(23)24-3)7-12-10-4-9(19)5-13-15(10)11(16(20)21-13)6-14(12)22(2)8-18/h4-5,12,14,21H,6-8H2,1-3H3/t12-,14-,18?/m0/s1. The molecule has 1 aliphatic carbocycles. The third-order valence-electron chi connectivity index (χ3n) is 5.74. The highest BCUT2D eigenvalue weighted by molar-refractivity contribution is 9.10. The first-order valence-corrected chi connectivity index (χ1v) is 9.71. The predicted molar refractivity (Wildman–Crippen MR) is 101 cm³/mol. The van der Waals surface area contributed by atoms with Crippen LogP contribution in [0.25, 0.3) is 10.9 Å². The second-order valence-electron chi connectivity index (χ2n) is 7.38. The Morgan fingerprint density at radius 1 is 1.42 bits per heavy atom. The van der Waals surface area contributed by atoms with Gasteiger partial charge in [-0.1, -0.05) is 15.9 Å². The molecule has 4 rings (SSSR count). The van der Waals surface area contributed by atoms with E-state index >= 15 is 0 Å². The molecular formula is C18H20Br2N2O2. The first-order chi connectivity index (χ1) is 11.3. The Hall–Kier alpha value is -0.850. The third-order valence-corrected chi connectivity index (χ3v) is 6.87.